The van der Waals surface area contributed by atoms with E-state index < -0.39 is 0 Å². The van der Waals surface area contributed by atoms with Crippen LogP contribution < -0.4 is 9.64 Å². The highest BCUT2D eigenvalue weighted by Gasteiger charge is 2.32. The molecule has 1 aliphatic rings. The molecule has 4 rings (SSSR count). The number of rotatable bonds is 4. The summed E-state index contributed by atoms with van der Waals surface area (Å²) in [5.41, 5.74) is 1.89. The van der Waals surface area contributed by atoms with Gasteiger partial charge in [0.15, 0.2) is 0 Å². The molecule has 0 fully saturated rings. The van der Waals surface area contributed by atoms with Crippen molar-refractivity contribution in [1.82, 2.24) is 9.78 Å². The van der Waals surface area contributed by atoms with E-state index in [4.69, 9.17) is 4.74 Å². The summed E-state index contributed by atoms with van der Waals surface area (Å²) < 4.78 is 20.6. The number of carbonyl (C=O) groups excluding carboxylic acids is 1. The van der Waals surface area contributed by atoms with Crippen LogP contribution in [-0.4, -0.2) is 21.7 Å². The van der Waals surface area contributed by atoms with Crippen LogP contribution in [0.1, 0.15) is 23.1 Å². The lowest BCUT2D eigenvalue weighted by molar-refractivity contribution is 0.0947. The summed E-state index contributed by atoms with van der Waals surface area (Å²) in [7, 11) is 0. The third kappa shape index (κ3) is 3.06. The van der Waals surface area contributed by atoms with Crippen LogP contribution in [0.5, 0.6) is 5.75 Å². The minimum Gasteiger partial charge on any atom is -0.487 e. The molecule has 0 bridgehead atoms. The molecule has 132 valence electrons. The van der Waals surface area contributed by atoms with Gasteiger partial charge in [0.1, 0.15) is 29.6 Å². The standard InChI is InChI=1S/C20H18FN3O2/c1-14-12-23-19(20(25)24(14)17-9-7-15(21)8-10-17)11-16(22-23)13-26-18-5-3-2-4-6-18/h2-11,14H,12-13H2,1H3/t14-/m0/s1. The van der Waals surface area contributed by atoms with E-state index in [0.717, 1.165) is 5.75 Å². The molecule has 26 heavy (non-hydrogen) atoms. The van der Waals surface area contributed by atoms with Crippen molar-refractivity contribution in [2.45, 2.75) is 26.1 Å². The Kier molecular flexibility index (Phi) is 4.16. The number of hydrogen-bond donors (Lipinski definition) is 0. The Morgan fingerprint density at radius 1 is 1.15 bits per heavy atom. The molecule has 0 aliphatic carbocycles. The van der Waals surface area contributed by atoms with Gasteiger partial charge in [0.05, 0.1) is 12.6 Å². The van der Waals surface area contributed by atoms with E-state index in [2.05, 4.69) is 5.10 Å². The molecule has 3 aromatic rings. The number of aromatic nitrogens is 2. The molecule has 0 radical (unpaired) electrons. The third-order valence-electron chi connectivity index (χ3n) is 4.38. The van der Waals surface area contributed by atoms with Gasteiger partial charge in [-0.05, 0) is 49.4 Å². The Balaban J connectivity index is 1.56. The Hall–Kier alpha value is -3.15. The zero-order valence-electron chi connectivity index (χ0n) is 14.3. The molecule has 0 unspecified atom stereocenters. The van der Waals surface area contributed by atoms with Gasteiger partial charge < -0.3 is 9.64 Å². The van der Waals surface area contributed by atoms with Crippen molar-refractivity contribution in [3.63, 3.8) is 0 Å². The lowest BCUT2D eigenvalue weighted by Gasteiger charge is -2.33. The monoisotopic (exact) mass is 351 g/mol. The van der Waals surface area contributed by atoms with Gasteiger partial charge in [-0.1, -0.05) is 18.2 Å². The normalized spacial score (nSPS) is 16.5. The summed E-state index contributed by atoms with van der Waals surface area (Å²) >= 11 is 0. The highest BCUT2D eigenvalue weighted by molar-refractivity contribution is 6.06. The lowest BCUT2D eigenvalue weighted by Crippen LogP contribution is -2.46. The lowest BCUT2D eigenvalue weighted by atomic mass is 10.1. The fraction of sp³-hybridized carbons (Fsp3) is 0.200. The van der Waals surface area contributed by atoms with Crippen LogP contribution >= 0.6 is 0 Å². The number of para-hydroxylation sites is 1. The van der Waals surface area contributed by atoms with Gasteiger partial charge in [0.25, 0.3) is 5.91 Å². The molecule has 2 heterocycles. The van der Waals surface area contributed by atoms with Crippen LogP contribution in [0, 0.1) is 5.82 Å². The first kappa shape index (κ1) is 16.3. The van der Waals surface area contributed by atoms with E-state index >= 15 is 0 Å². The summed E-state index contributed by atoms with van der Waals surface area (Å²) in [6.07, 6.45) is 0. The van der Waals surface area contributed by atoms with Crippen molar-refractivity contribution in [3.8, 4) is 5.75 Å². The average Bonchev–Trinajstić information content (AvgIpc) is 3.05. The molecule has 0 spiro atoms. The maximum Gasteiger partial charge on any atom is 0.276 e. The maximum atomic E-state index is 13.2. The zero-order chi connectivity index (χ0) is 18.1. The maximum absolute atomic E-state index is 13.2. The molecular weight excluding hydrogens is 333 g/mol. The highest BCUT2D eigenvalue weighted by atomic mass is 19.1. The molecule has 0 saturated heterocycles. The van der Waals surface area contributed by atoms with Crippen LogP contribution in [-0.2, 0) is 13.2 Å². The van der Waals surface area contributed by atoms with E-state index in [1.54, 1.807) is 27.8 Å². The summed E-state index contributed by atoms with van der Waals surface area (Å²) in [5.74, 6) is 0.288. The molecule has 1 aliphatic heterocycles. The van der Waals surface area contributed by atoms with Gasteiger partial charge in [-0.15, -0.1) is 0 Å². The fourth-order valence-corrected chi connectivity index (χ4v) is 3.15. The van der Waals surface area contributed by atoms with Crippen molar-refractivity contribution in [2.75, 3.05) is 4.90 Å². The van der Waals surface area contributed by atoms with Crippen molar-refractivity contribution >= 4 is 11.6 Å². The van der Waals surface area contributed by atoms with Gasteiger partial charge in [-0.25, -0.2) is 4.39 Å². The van der Waals surface area contributed by atoms with Crippen LogP contribution in [0.2, 0.25) is 0 Å². The number of halogens is 1. The summed E-state index contributed by atoms with van der Waals surface area (Å²) in [5, 5.41) is 4.49. The first-order chi connectivity index (χ1) is 12.6. The Labute approximate surface area is 150 Å². The summed E-state index contributed by atoms with van der Waals surface area (Å²) in [4.78, 5) is 14.6. The number of ether oxygens (including phenoxy) is 1. The first-order valence-electron chi connectivity index (χ1n) is 8.45. The number of hydrogen-bond acceptors (Lipinski definition) is 3. The molecule has 1 atom stereocenters. The van der Waals surface area contributed by atoms with Crippen molar-refractivity contribution in [2.24, 2.45) is 0 Å². The summed E-state index contributed by atoms with van der Waals surface area (Å²) in [6.45, 7) is 2.82. The number of benzene rings is 2. The molecule has 1 aromatic heterocycles. The third-order valence-corrected chi connectivity index (χ3v) is 4.38. The molecule has 0 N–H and O–H groups in total. The molecule has 6 heteroatoms. The average molecular weight is 351 g/mol. The summed E-state index contributed by atoms with van der Waals surface area (Å²) in [6, 6.07) is 17.1. The predicted molar refractivity (Wildman–Crippen MR) is 95.7 cm³/mol. The van der Waals surface area contributed by atoms with Crippen LogP contribution in [0.15, 0.2) is 60.7 Å². The molecule has 2 aromatic carbocycles. The predicted octanol–water partition coefficient (Wildman–Crippen LogP) is 3.65. The number of fused-ring (bicyclic) bond motifs is 1. The van der Waals surface area contributed by atoms with Gasteiger partial charge in [-0.2, -0.15) is 5.10 Å². The molecular formula is C20H18FN3O2. The molecule has 0 saturated carbocycles. The van der Waals surface area contributed by atoms with Crippen molar-refractivity contribution in [1.29, 1.82) is 0 Å². The van der Waals surface area contributed by atoms with Crippen LogP contribution in [0.3, 0.4) is 0 Å². The second-order valence-corrected chi connectivity index (χ2v) is 6.31. The second kappa shape index (κ2) is 6.63. The largest absolute Gasteiger partial charge is 0.487 e. The SMILES string of the molecule is C[C@H]1Cn2nc(COc3ccccc3)cc2C(=O)N1c1ccc(F)cc1. The fourth-order valence-electron chi connectivity index (χ4n) is 3.15. The van der Waals surface area contributed by atoms with Gasteiger partial charge >= 0.3 is 0 Å². The quantitative estimate of drug-likeness (QED) is 0.721. The number of carbonyl (C=O) groups is 1. The second-order valence-electron chi connectivity index (χ2n) is 6.31. The van der Waals surface area contributed by atoms with E-state index in [-0.39, 0.29) is 17.8 Å². The Morgan fingerprint density at radius 3 is 2.62 bits per heavy atom. The van der Waals surface area contributed by atoms with Crippen molar-refractivity contribution in [3.05, 3.63) is 77.9 Å². The van der Waals surface area contributed by atoms with E-state index in [1.807, 2.05) is 37.3 Å². The zero-order valence-corrected chi connectivity index (χ0v) is 14.3. The molecule has 5 nitrogen and oxygen atoms in total. The highest BCUT2D eigenvalue weighted by Crippen LogP contribution is 2.26. The van der Waals surface area contributed by atoms with Gasteiger partial charge in [0, 0.05) is 5.69 Å². The number of amides is 1. The van der Waals surface area contributed by atoms with Gasteiger partial charge in [-0.3, -0.25) is 9.48 Å². The van der Waals surface area contributed by atoms with E-state index in [9.17, 15) is 9.18 Å². The van der Waals surface area contributed by atoms with E-state index in [0.29, 0.717) is 30.2 Å². The van der Waals surface area contributed by atoms with Crippen molar-refractivity contribution < 1.29 is 13.9 Å². The molecule has 1 amide bonds. The smallest absolute Gasteiger partial charge is 0.276 e. The minimum atomic E-state index is -0.323. The first-order valence-corrected chi connectivity index (χ1v) is 8.45. The number of nitrogens with zero attached hydrogens (tertiary/aromatic N) is 3. The van der Waals surface area contributed by atoms with Crippen LogP contribution in [0.25, 0.3) is 0 Å². The van der Waals surface area contributed by atoms with E-state index in [1.165, 1.54) is 12.1 Å². The Bertz CT molecular complexity index is 922. The minimum absolute atomic E-state index is 0.0803. The topological polar surface area (TPSA) is 47.4 Å². The Morgan fingerprint density at radius 2 is 1.88 bits per heavy atom. The number of anilines is 1. The van der Waals surface area contributed by atoms with Gasteiger partial charge in [0.2, 0.25) is 0 Å². The van der Waals surface area contributed by atoms with Crippen LogP contribution in [0.4, 0.5) is 10.1 Å².